The van der Waals surface area contributed by atoms with Gasteiger partial charge in [0, 0.05) is 12.1 Å². The standard InChI is InChI=1S/C12H12FN3O2/c1-2-14-10(17)7-11-15-16-12(18-11)8-4-3-5-9(13)6-8/h3-6H,2,7H2,1H3,(H,14,17). The van der Waals surface area contributed by atoms with Crippen LogP contribution < -0.4 is 5.32 Å². The van der Waals surface area contributed by atoms with E-state index in [9.17, 15) is 9.18 Å². The molecule has 0 unspecified atom stereocenters. The van der Waals surface area contributed by atoms with E-state index in [1.54, 1.807) is 12.1 Å². The van der Waals surface area contributed by atoms with Gasteiger partial charge in [-0.25, -0.2) is 4.39 Å². The molecule has 1 amide bonds. The van der Waals surface area contributed by atoms with E-state index in [0.717, 1.165) is 0 Å². The van der Waals surface area contributed by atoms with Gasteiger partial charge in [-0.3, -0.25) is 4.79 Å². The normalized spacial score (nSPS) is 10.3. The van der Waals surface area contributed by atoms with E-state index in [-0.39, 0.29) is 29.9 Å². The van der Waals surface area contributed by atoms with E-state index in [1.165, 1.54) is 12.1 Å². The number of benzene rings is 1. The number of amides is 1. The highest BCUT2D eigenvalue weighted by molar-refractivity contribution is 5.77. The number of halogens is 1. The van der Waals surface area contributed by atoms with Crippen molar-refractivity contribution >= 4 is 5.91 Å². The van der Waals surface area contributed by atoms with Crippen molar-refractivity contribution in [3.8, 4) is 11.5 Å². The molecule has 1 aromatic heterocycles. The van der Waals surface area contributed by atoms with Gasteiger partial charge in [0.25, 0.3) is 0 Å². The van der Waals surface area contributed by atoms with Gasteiger partial charge >= 0.3 is 0 Å². The van der Waals surface area contributed by atoms with Gasteiger partial charge in [0.1, 0.15) is 12.2 Å². The highest BCUT2D eigenvalue weighted by Crippen LogP contribution is 2.18. The van der Waals surface area contributed by atoms with E-state index >= 15 is 0 Å². The number of nitrogens with zero attached hydrogens (tertiary/aromatic N) is 2. The molecule has 0 fully saturated rings. The minimum absolute atomic E-state index is 0.0240. The van der Waals surface area contributed by atoms with Crippen LogP contribution >= 0.6 is 0 Å². The number of hydrogen-bond acceptors (Lipinski definition) is 4. The number of rotatable bonds is 4. The lowest BCUT2D eigenvalue weighted by Crippen LogP contribution is -2.24. The molecule has 1 N–H and O–H groups in total. The summed E-state index contributed by atoms with van der Waals surface area (Å²) in [5.41, 5.74) is 0.490. The zero-order chi connectivity index (χ0) is 13.0. The van der Waals surface area contributed by atoms with Crippen molar-refractivity contribution in [1.82, 2.24) is 15.5 Å². The van der Waals surface area contributed by atoms with E-state index in [0.29, 0.717) is 12.1 Å². The van der Waals surface area contributed by atoms with Gasteiger partial charge in [-0.05, 0) is 25.1 Å². The Morgan fingerprint density at radius 2 is 2.28 bits per heavy atom. The van der Waals surface area contributed by atoms with Gasteiger partial charge < -0.3 is 9.73 Å². The fraction of sp³-hybridized carbons (Fsp3) is 0.250. The molecule has 18 heavy (non-hydrogen) atoms. The number of carbonyl (C=O) groups excluding carboxylic acids is 1. The molecule has 0 spiro atoms. The Bertz CT molecular complexity index is 554. The summed E-state index contributed by atoms with van der Waals surface area (Å²) in [6.07, 6.45) is 0.0240. The van der Waals surface area contributed by atoms with Crippen LogP contribution in [0.2, 0.25) is 0 Å². The highest BCUT2D eigenvalue weighted by Gasteiger charge is 2.12. The topological polar surface area (TPSA) is 68.0 Å². The zero-order valence-electron chi connectivity index (χ0n) is 9.81. The second-order valence-electron chi connectivity index (χ2n) is 3.64. The van der Waals surface area contributed by atoms with Crippen LogP contribution in [0.4, 0.5) is 4.39 Å². The van der Waals surface area contributed by atoms with Crippen molar-refractivity contribution in [3.63, 3.8) is 0 Å². The maximum atomic E-state index is 13.0. The van der Waals surface area contributed by atoms with Gasteiger partial charge in [0.05, 0.1) is 0 Å². The Balaban J connectivity index is 2.13. The molecular formula is C12H12FN3O2. The molecule has 0 radical (unpaired) electrons. The fourth-order valence-electron chi connectivity index (χ4n) is 1.46. The van der Waals surface area contributed by atoms with Gasteiger partial charge in [0.15, 0.2) is 0 Å². The highest BCUT2D eigenvalue weighted by atomic mass is 19.1. The smallest absolute Gasteiger partial charge is 0.247 e. The molecule has 0 atom stereocenters. The largest absolute Gasteiger partial charge is 0.420 e. The maximum absolute atomic E-state index is 13.0. The summed E-state index contributed by atoms with van der Waals surface area (Å²) in [6, 6.07) is 5.84. The van der Waals surface area contributed by atoms with Crippen LogP contribution in [0.3, 0.4) is 0 Å². The summed E-state index contributed by atoms with van der Waals surface area (Å²) in [6.45, 7) is 2.37. The predicted octanol–water partition coefficient (Wildman–Crippen LogP) is 1.55. The van der Waals surface area contributed by atoms with Crippen molar-refractivity contribution in [1.29, 1.82) is 0 Å². The molecule has 5 nitrogen and oxygen atoms in total. The Kier molecular flexibility index (Phi) is 3.66. The second-order valence-corrected chi connectivity index (χ2v) is 3.64. The van der Waals surface area contributed by atoms with Gasteiger partial charge in [0.2, 0.25) is 17.7 Å². The summed E-state index contributed by atoms with van der Waals surface area (Å²) < 4.78 is 18.3. The van der Waals surface area contributed by atoms with Crippen LogP contribution in [0, 0.1) is 5.82 Å². The first-order chi connectivity index (χ1) is 8.69. The average molecular weight is 249 g/mol. The van der Waals surface area contributed by atoms with Crippen molar-refractivity contribution in [2.45, 2.75) is 13.3 Å². The molecule has 0 aliphatic heterocycles. The van der Waals surface area contributed by atoms with Crippen molar-refractivity contribution in [2.24, 2.45) is 0 Å². The summed E-state index contributed by atoms with van der Waals surface area (Å²) in [5.74, 6) is -0.156. The number of nitrogens with one attached hydrogen (secondary N) is 1. The molecule has 1 aromatic carbocycles. The molecule has 2 aromatic rings. The van der Waals surface area contributed by atoms with E-state index in [2.05, 4.69) is 15.5 Å². The third-order valence-corrected chi connectivity index (χ3v) is 2.22. The first kappa shape index (κ1) is 12.2. The number of aromatic nitrogens is 2. The molecule has 0 aliphatic rings. The van der Waals surface area contributed by atoms with Crippen LogP contribution in [0.25, 0.3) is 11.5 Å². The summed E-state index contributed by atoms with van der Waals surface area (Å²) in [4.78, 5) is 11.3. The molecular weight excluding hydrogens is 237 g/mol. The van der Waals surface area contributed by atoms with Gasteiger partial charge in [-0.2, -0.15) is 0 Å². The first-order valence-corrected chi connectivity index (χ1v) is 5.54. The lowest BCUT2D eigenvalue weighted by molar-refractivity contribution is -0.120. The quantitative estimate of drug-likeness (QED) is 0.892. The molecule has 0 saturated carbocycles. The van der Waals surface area contributed by atoms with Crippen molar-refractivity contribution in [3.05, 3.63) is 36.0 Å². The van der Waals surface area contributed by atoms with Crippen molar-refractivity contribution in [2.75, 3.05) is 6.54 Å². The summed E-state index contributed by atoms with van der Waals surface area (Å²) in [7, 11) is 0. The Morgan fingerprint density at radius 1 is 1.44 bits per heavy atom. The Hall–Kier alpha value is -2.24. The number of likely N-dealkylation sites (N-methyl/N-ethyl adjacent to an activating group) is 1. The molecule has 94 valence electrons. The molecule has 0 aliphatic carbocycles. The lowest BCUT2D eigenvalue weighted by atomic mass is 10.2. The van der Waals surface area contributed by atoms with E-state index in [1.807, 2.05) is 6.92 Å². The predicted molar refractivity (Wildman–Crippen MR) is 62.1 cm³/mol. The van der Waals surface area contributed by atoms with Gasteiger partial charge in [-0.1, -0.05) is 6.07 Å². The monoisotopic (exact) mass is 249 g/mol. The van der Waals surface area contributed by atoms with Crippen LogP contribution in [0.1, 0.15) is 12.8 Å². The molecule has 0 bridgehead atoms. The van der Waals surface area contributed by atoms with Crippen LogP contribution in [0.15, 0.2) is 28.7 Å². The minimum atomic E-state index is -0.379. The minimum Gasteiger partial charge on any atom is -0.420 e. The van der Waals surface area contributed by atoms with Gasteiger partial charge in [-0.15, -0.1) is 10.2 Å². The van der Waals surface area contributed by atoms with E-state index < -0.39 is 0 Å². The second kappa shape index (κ2) is 5.39. The van der Waals surface area contributed by atoms with Crippen LogP contribution in [-0.2, 0) is 11.2 Å². The average Bonchev–Trinajstić information content (AvgIpc) is 2.78. The van der Waals surface area contributed by atoms with Crippen molar-refractivity contribution < 1.29 is 13.6 Å². The number of hydrogen-bond donors (Lipinski definition) is 1. The Morgan fingerprint density at radius 3 is 3.00 bits per heavy atom. The number of carbonyl (C=O) groups is 1. The summed E-state index contributed by atoms with van der Waals surface area (Å²) in [5, 5.41) is 10.1. The van der Waals surface area contributed by atoms with Crippen LogP contribution in [0.5, 0.6) is 0 Å². The molecule has 0 saturated heterocycles. The molecule has 6 heteroatoms. The third kappa shape index (κ3) is 2.91. The maximum Gasteiger partial charge on any atom is 0.247 e. The molecule has 2 rings (SSSR count). The third-order valence-electron chi connectivity index (χ3n) is 2.22. The zero-order valence-corrected chi connectivity index (χ0v) is 9.81. The lowest BCUT2D eigenvalue weighted by Gasteiger charge is -1.97. The van der Waals surface area contributed by atoms with E-state index in [4.69, 9.17) is 4.42 Å². The Labute approximate surface area is 103 Å². The molecule has 1 heterocycles. The van der Waals surface area contributed by atoms with Crippen LogP contribution in [-0.4, -0.2) is 22.6 Å². The first-order valence-electron chi connectivity index (χ1n) is 5.54. The summed E-state index contributed by atoms with van der Waals surface area (Å²) >= 11 is 0. The fourth-order valence-corrected chi connectivity index (χ4v) is 1.46. The SMILES string of the molecule is CCNC(=O)Cc1nnc(-c2cccc(F)c2)o1.